The normalized spacial score (nSPS) is 20.4. The fourth-order valence-corrected chi connectivity index (χ4v) is 6.01. The molecule has 36 heavy (non-hydrogen) atoms. The number of carbonyl (C=O) groups excluding carboxylic acids is 1. The Labute approximate surface area is 213 Å². The van der Waals surface area contributed by atoms with Gasteiger partial charge in [-0.15, -0.1) is 11.3 Å². The average molecular weight is 533 g/mol. The Kier molecular flexibility index (Phi) is 5.73. The van der Waals surface area contributed by atoms with Crippen LogP contribution in [0, 0.1) is 0 Å². The number of benzene rings is 1. The third-order valence-corrected chi connectivity index (χ3v) is 7.89. The summed E-state index contributed by atoms with van der Waals surface area (Å²) in [6.45, 7) is 1.83. The second-order valence-corrected chi connectivity index (χ2v) is 10.3. The number of carbonyl (C=O) groups is 1. The summed E-state index contributed by atoms with van der Waals surface area (Å²) in [7, 11) is 0. The molecular formula is C24H20ClF3N6OS. The molecule has 1 aromatic carbocycles. The first-order chi connectivity index (χ1) is 17.3. The first-order valence-corrected chi connectivity index (χ1v) is 12.7. The highest BCUT2D eigenvalue weighted by Gasteiger charge is 2.44. The lowest BCUT2D eigenvalue weighted by Crippen LogP contribution is -2.55. The van der Waals surface area contributed by atoms with Gasteiger partial charge < -0.3 is 4.90 Å². The summed E-state index contributed by atoms with van der Waals surface area (Å²) in [5.74, 6) is 0.174. The third kappa shape index (κ3) is 4.14. The Bertz CT molecular complexity index is 1420. The Morgan fingerprint density at radius 1 is 1.11 bits per heavy atom. The maximum atomic E-state index is 13.1. The first-order valence-electron chi connectivity index (χ1n) is 11.4. The van der Waals surface area contributed by atoms with Crippen LogP contribution in [0.1, 0.15) is 34.0 Å². The number of likely N-dealkylation sites (tertiary alicyclic amines) is 1. The van der Waals surface area contributed by atoms with E-state index in [0.29, 0.717) is 41.8 Å². The molecule has 5 heterocycles. The van der Waals surface area contributed by atoms with Crippen LogP contribution in [0.3, 0.4) is 0 Å². The smallest absolute Gasteiger partial charge is 0.329 e. The van der Waals surface area contributed by atoms with Crippen molar-refractivity contribution in [2.45, 2.75) is 37.6 Å². The van der Waals surface area contributed by atoms with Crippen LogP contribution in [0.4, 0.5) is 13.2 Å². The highest BCUT2D eigenvalue weighted by Crippen LogP contribution is 2.36. The SMILES string of the molecule is O=C(c1csc(C(F)(F)F)n1)N1C2CCC1CN(Cc1c(-c3ccc(Cl)cc3)nc3ncccn13)C2. The molecule has 0 spiro atoms. The Hall–Kier alpha value is -3.02. The molecule has 2 saturated heterocycles. The highest BCUT2D eigenvalue weighted by atomic mass is 35.5. The molecule has 186 valence electrons. The van der Waals surface area contributed by atoms with Crippen molar-refractivity contribution in [2.24, 2.45) is 0 Å². The fourth-order valence-electron chi connectivity index (χ4n) is 5.22. The topological polar surface area (TPSA) is 66.6 Å². The largest absolute Gasteiger partial charge is 0.443 e. The standard InChI is InChI=1S/C24H20ClF3N6OS/c25-15-4-2-14(3-5-15)20-19(33-9-1-8-29-23(33)31-20)12-32-10-16-6-7-17(11-32)34(16)21(35)18-13-36-22(30-18)24(26,27)28/h1-5,8-9,13,16-17H,6-7,10-12H2. The minimum absolute atomic E-state index is 0.0800. The van der Waals surface area contributed by atoms with E-state index in [1.165, 1.54) is 5.38 Å². The van der Waals surface area contributed by atoms with Gasteiger partial charge in [0.1, 0.15) is 5.69 Å². The van der Waals surface area contributed by atoms with E-state index < -0.39 is 17.1 Å². The van der Waals surface area contributed by atoms with E-state index in [1.807, 2.05) is 40.9 Å². The molecule has 1 amide bonds. The van der Waals surface area contributed by atoms with Gasteiger partial charge in [-0.1, -0.05) is 23.7 Å². The van der Waals surface area contributed by atoms with Gasteiger partial charge in [-0.2, -0.15) is 13.2 Å². The summed E-state index contributed by atoms with van der Waals surface area (Å²) in [4.78, 5) is 29.9. The number of nitrogens with zero attached hydrogens (tertiary/aromatic N) is 6. The number of rotatable bonds is 4. The number of fused-ring (bicyclic) bond motifs is 3. The Morgan fingerprint density at radius 2 is 1.83 bits per heavy atom. The van der Waals surface area contributed by atoms with Crippen LogP contribution in [0.25, 0.3) is 17.0 Å². The minimum atomic E-state index is -4.55. The zero-order chi connectivity index (χ0) is 25.0. The van der Waals surface area contributed by atoms with Crippen LogP contribution in [-0.4, -0.2) is 60.2 Å². The van der Waals surface area contributed by atoms with Crippen molar-refractivity contribution in [1.82, 2.24) is 29.2 Å². The number of amides is 1. The molecule has 0 N–H and O–H groups in total. The fraction of sp³-hybridized carbons (Fsp3) is 0.333. The van der Waals surface area contributed by atoms with Crippen molar-refractivity contribution in [3.05, 3.63) is 69.5 Å². The second kappa shape index (κ2) is 8.82. The van der Waals surface area contributed by atoms with E-state index >= 15 is 0 Å². The van der Waals surface area contributed by atoms with Crippen molar-refractivity contribution >= 4 is 34.6 Å². The molecule has 2 unspecified atom stereocenters. The van der Waals surface area contributed by atoms with Gasteiger partial charge in [-0.3, -0.25) is 14.1 Å². The van der Waals surface area contributed by atoms with Gasteiger partial charge in [0.15, 0.2) is 5.01 Å². The molecule has 2 aliphatic heterocycles. The van der Waals surface area contributed by atoms with Crippen molar-refractivity contribution in [2.75, 3.05) is 13.1 Å². The van der Waals surface area contributed by atoms with E-state index in [-0.39, 0.29) is 17.8 Å². The highest BCUT2D eigenvalue weighted by molar-refractivity contribution is 7.10. The number of hydrogen-bond acceptors (Lipinski definition) is 6. The van der Waals surface area contributed by atoms with E-state index in [9.17, 15) is 18.0 Å². The molecular weight excluding hydrogens is 513 g/mol. The summed E-state index contributed by atoms with van der Waals surface area (Å²) < 4.78 is 40.9. The lowest BCUT2D eigenvalue weighted by molar-refractivity contribution is -0.137. The van der Waals surface area contributed by atoms with Crippen LogP contribution in [0.5, 0.6) is 0 Å². The van der Waals surface area contributed by atoms with E-state index in [2.05, 4.69) is 14.9 Å². The number of aromatic nitrogens is 4. The van der Waals surface area contributed by atoms with Gasteiger partial charge in [0.2, 0.25) is 5.78 Å². The first kappa shape index (κ1) is 23.4. The van der Waals surface area contributed by atoms with Crippen molar-refractivity contribution < 1.29 is 18.0 Å². The van der Waals surface area contributed by atoms with Crippen LogP contribution >= 0.6 is 22.9 Å². The molecule has 0 aliphatic carbocycles. The maximum Gasteiger partial charge on any atom is 0.443 e. The molecule has 2 atom stereocenters. The number of piperazine rings is 1. The van der Waals surface area contributed by atoms with Crippen LogP contribution in [0.2, 0.25) is 5.02 Å². The van der Waals surface area contributed by atoms with Gasteiger partial charge in [0.25, 0.3) is 5.91 Å². The predicted octanol–water partition coefficient (Wildman–Crippen LogP) is 5.01. The van der Waals surface area contributed by atoms with Crippen LogP contribution in [-0.2, 0) is 12.7 Å². The molecule has 0 radical (unpaired) electrons. The summed E-state index contributed by atoms with van der Waals surface area (Å²) in [5, 5.41) is 0.857. The molecule has 2 aliphatic rings. The van der Waals surface area contributed by atoms with Crippen molar-refractivity contribution in [3.63, 3.8) is 0 Å². The van der Waals surface area contributed by atoms with E-state index in [4.69, 9.17) is 16.6 Å². The van der Waals surface area contributed by atoms with Gasteiger partial charge in [-0.25, -0.2) is 15.0 Å². The average Bonchev–Trinajstić information content (AvgIpc) is 3.55. The lowest BCUT2D eigenvalue weighted by Gasteiger charge is -2.40. The van der Waals surface area contributed by atoms with Gasteiger partial charge in [0, 0.05) is 60.1 Å². The van der Waals surface area contributed by atoms with Crippen LogP contribution < -0.4 is 0 Å². The van der Waals surface area contributed by atoms with Gasteiger partial charge >= 0.3 is 6.18 Å². The van der Waals surface area contributed by atoms with Crippen molar-refractivity contribution in [1.29, 1.82) is 0 Å². The molecule has 0 saturated carbocycles. The number of imidazole rings is 1. The summed E-state index contributed by atoms with van der Waals surface area (Å²) in [5.41, 5.74) is 2.60. The second-order valence-electron chi connectivity index (χ2n) is 9.03. The van der Waals surface area contributed by atoms with E-state index in [1.54, 1.807) is 11.1 Å². The summed E-state index contributed by atoms with van der Waals surface area (Å²) in [6, 6.07) is 9.20. The minimum Gasteiger partial charge on any atom is -0.329 e. The monoisotopic (exact) mass is 532 g/mol. The van der Waals surface area contributed by atoms with Crippen molar-refractivity contribution in [3.8, 4) is 11.3 Å². The quantitative estimate of drug-likeness (QED) is 0.369. The maximum absolute atomic E-state index is 13.1. The van der Waals surface area contributed by atoms with Crippen LogP contribution in [0.15, 0.2) is 48.1 Å². The Balaban J connectivity index is 1.25. The number of halogens is 4. The summed E-state index contributed by atoms with van der Waals surface area (Å²) >= 11 is 6.54. The number of thiazole rings is 1. The third-order valence-electron chi connectivity index (χ3n) is 6.75. The zero-order valence-electron chi connectivity index (χ0n) is 18.8. The Morgan fingerprint density at radius 3 is 2.50 bits per heavy atom. The molecule has 7 nitrogen and oxygen atoms in total. The van der Waals surface area contributed by atoms with E-state index in [0.717, 1.165) is 29.8 Å². The van der Waals surface area contributed by atoms with Gasteiger partial charge in [0.05, 0.1) is 11.4 Å². The molecule has 2 bridgehead atoms. The number of hydrogen-bond donors (Lipinski definition) is 0. The molecule has 2 fully saturated rings. The molecule has 12 heteroatoms. The lowest BCUT2D eigenvalue weighted by atomic mass is 10.1. The summed E-state index contributed by atoms with van der Waals surface area (Å²) in [6.07, 6.45) is 0.694. The van der Waals surface area contributed by atoms with Gasteiger partial charge in [-0.05, 0) is 31.0 Å². The zero-order valence-corrected chi connectivity index (χ0v) is 20.4. The predicted molar refractivity (Wildman–Crippen MR) is 129 cm³/mol. The molecule has 3 aromatic heterocycles. The number of alkyl halides is 3. The molecule has 6 rings (SSSR count). The molecule has 4 aromatic rings.